The van der Waals surface area contributed by atoms with Crippen LogP contribution >= 0.6 is 23.1 Å². The fraction of sp³-hybridized carbons (Fsp3) is 0.125. The van der Waals surface area contributed by atoms with Crippen molar-refractivity contribution in [3.8, 4) is 6.07 Å². The second kappa shape index (κ2) is 10.0. The molecule has 0 saturated heterocycles. The van der Waals surface area contributed by atoms with E-state index in [-0.39, 0.29) is 11.1 Å². The maximum absolute atomic E-state index is 12.7. The number of carboxylic acids is 1. The number of amides is 1. The molecule has 2 heterocycles. The smallest absolute Gasteiger partial charge is 0.336 e. The molecular formula is C24H19N5O3S2. The van der Waals surface area contributed by atoms with E-state index < -0.39 is 11.9 Å². The van der Waals surface area contributed by atoms with E-state index in [9.17, 15) is 20.0 Å². The summed E-state index contributed by atoms with van der Waals surface area (Å²) in [6.07, 6.45) is 0. The summed E-state index contributed by atoms with van der Waals surface area (Å²) in [6, 6.07) is 15.5. The molecule has 0 aliphatic carbocycles. The van der Waals surface area contributed by atoms with Crippen LogP contribution in [0.2, 0.25) is 0 Å². The first-order valence-electron chi connectivity index (χ1n) is 10.2. The van der Waals surface area contributed by atoms with Gasteiger partial charge in [-0.15, -0.1) is 11.3 Å². The van der Waals surface area contributed by atoms with Crippen LogP contribution in [0.3, 0.4) is 0 Å². The second-order valence-corrected chi connectivity index (χ2v) is 9.58. The van der Waals surface area contributed by atoms with Gasteiger partial charge in [-0.1, -0.05) is 12.1 Å². The maximum atomic E-state index is 12.7. The summed E-state index contributed by atoms with van der Waals surface area (Å²) in [5.41, 5.74) is 3.52. The number of nitrogens with one attached hydrogen (secondary N) is 2. The molecule has 4 aromatic rings. The summed E-state index contributed by atoms with van der Waals surface area (Å²) in [5, 5.41) is 25.4. The Balaban J connectivity index is 1.60. The van der Waals surface area contributed by atoms with E-state index in [1.165, 1.54) is 35.2 Å². The van der Waals surface area contributed by atoms with Crippen molar-refractivity contribution in [1.29, 1.82) is 5.26 Å². The number of pyridine rings is 1. The van der Waals surface area contributed by atoms with Gasteiger partial charge in [0.2, 0.25) is 0 Å². The highest BCUT2D eigenvalue weighted by atomic mass is 32.2. The van der Waals surface area contributed by atoms with E-state index in [4.69, 9.17) is 0 Å². The molecule has 2 aromatic carbocycles. The molecule has 3 N–H and O–H groups in total. The molecule has 0 spiro atoms. The van der Waals surface area contributed by atoms with Gasteiger partial charge in [0.05, 0.1) is 26.9 Å². The first-order chi connectivity index (χ1) is 16.4. The summed E-state index contributed by atoms with van der Waals surface area (Å²) in [7, 11) is 1.83. The Labute approximate surface area is 203 Å². The van der Waals surface area contributed by atoms with Crippen molar-refractivity contribution in [3.05, 3.63) is 76.5 Å². The van der Waals surface area contributed by atoms with Crippen LogP contribution in [0, 0.1) is 18.3 Å². The van der Waals surface area contributed by atoms with Crippen molar-refractivity contribution in [1.82, 2.24) is 15.3 Å². The van der Waals surface area contributed by atoms with E-state index in [2.05, 4.69) is 26.7 Å². The fourth-order valence-corrected chi connectivity index (χ4v) is 5.59. The minimum absolute atomic E-state index is 0.0610. The number of hydrogen-bond donors (Lipinski definition) is 3. The quantitative estimate of drug-likeness (QED) is 0.341. The number of hydrogen-bond acceptors (Lipinski definition) is 8. The Morgan fingerprint density at radius 3 is 2.62 bits per heavy atom. The van der Waals surface area contributed by atoms with Gasteiger partial charge in [0, 0.05) is 17.9 Å². The average Bonchev–Trinajstić information content (AvgIpc) is 3.20. The molecule has 0 saturated carbocycles. The monoisotopic (exact) mass is 489 g/mol. The highest BCUT2D eigenvalue weighted by Gasteiger charge is 2.17. The van der Waals surface area contributed by atoms with Gasteiger partial charge >= 0.3 is 5.97 Å². The summed E-state index contributed by atoms with van der Waals surface area (Å²) in [5.74, 6) is -1.67. The van der Waals surface area contributed by atoms with Crippen molar-refractivity contribution in [2.24, 2.45) is 0 Å². The van der Waals surface area contributed by atoms with Gasteiger partial charge in [-0.25, -0.2) is 14.8 Å². The minimum atomic E-state index is -1.16. The lowest BCUT2D eigenvalue weighted by molar-refractivity contribution is 0.0692. The van der Waals surface area contributed by atoms with Crippen LogP contribution in [0.5, 0.6) is 0 Å². The Morgan fingerprint density at radius 2 is 1.91 bits per heavy atom. The van der Waals surface area contributed by atoms with Gasteiger partial charge < -0.3 is 15.7 Å². The summed E-state index contributed by atoms with van der Waals surface area (Å²) in [4.78, 5) is 33.3. The van der Waals surface area contributed by atoms with Gasteiger partial charge in [-0.3, -0.25) is 4.79 Å². The zero-order chi connectivity index (χ0) is 24.2. The molecular weight excluding hydrogens is 470 g/mol. The van der Waals surface area contributed by atoms with E-state index in [0.29, 0.717) is 22.8 Å². The molecule has 1 amide bonds. The fourth-order valence-electron chi connectivity index (χ4n) is 3.41. The molecule has 10 heteroatoms. The number of nitriles is 1. The molecule has 2 aromatic heterocycles. The number of rotatable bonds is 7. The largest absolute Gasteiger partial charge is 0.478 e. The third-order valence-corrected chi connectivity index (χ3v) is 6.96. The number of aromatic carboxylic acids is 1. The Bertz CT molecular complexity index is 1460. The molecule has 8 nitrogen and oxygen atoms in total. The average molecular weight is 490 g/mol. The van der Waals surface area contributed by atoms with Gasteiger partial charge in [0.25, 0.3) is 5.91 Å². The van der Waals surface area contributed by atoms with E-state index >= 15 is 0 Å². The van der Waals surface area contributed by atoms with Crippen LogP contribution in [-0.2, 0) is 6.54 Å². The number of aryl methyl sites for hydroxylation is 1. The predicted molar refractivity (Wildman–Crippen MR) is 132 cm³/mol. The number of carbonyl (C=O) groups is 2. The van der Waals surface area contributed by atoms with Gasteiger partial charge in [0.15, 0.2) is 4.34 Å². The Morgan fingerprint density at radius 1 is 1.15 bits per heavy atom. The predicted octanol–water partition coefficient (Wildman–Crippen LogP) is 4.69. The SMILES string of the molecule is CNCc1cc(C)nc(Sc2nc3ccc(NC(=O)c4ccccc4C(=O)O)cc3s2)c1C#N. The van der Waals surface area contributed by atoms with Gasteiger partial charge in [-0.05, 0) is 67.7 Å². The van der Waals surface area contributed by atoms with E-state index in [1.54, 1.807) is 30.3 Å². The maximum Gasteiger partial charge on any atom is 0.336 e. The molecule has 0 aliphatic rings. The first kappa shape index (κ1) is 23.4. The molecule has 0 aliphatic heterocycles. The van der Waals surface area contributed by atoms with Crippen molar-refractivity contribution in [3.63, 3.8) is 0 Å². The standard InChI is InChI=1S/C24H19N5O3S2/c1-13-9-14(12-26-2)18(11-25)22(27-13)34-24-29-19-8-7-15(10-20(19)33-24)28-21(30)16-5-3-4-6-17(16)23(31)32/h3-10,26H,12H2,1-2H3,(H,28,30)(H,31,32). The van der Waals surface area contributed by atoms with Crippen LogP contribution < -0.4 is 10.6 Å². The molecule has 170 valence electrons. The number of anilines is 1. The van der Waals surface area contributed by atoms with Crippen molar-refractivity contribution in [2.45, 2.75) is 22.8 Å². The number of fused-ring (bicyclic) bond motifs is 1. The first-order valence-corrected chi connectivity index (χ1v) is 11.8. The van der Waals surface area contributed by atoms with Crippen LogP contribution in [-0.4, -0.2) is 34.0 Å². The molecule has 4 rings (SSSR count). The number of nitrogens with zero attached hydrogens (tertiary/aromatic N) is 3. The van der Waals surface area contributed by atoms with Crippen molar-refractivity contribution >= 4 is 50.9 Å². The molecule has 0 atom stereocenters. The number of aromatic nitrogens is 2. The number of carboxylic acid groups (broad SMARTS) is 1. The normalized spacial score (nSPS) is 10.7. The van der Waals surface area contributed by atoms with E-state index in [0.717, 1.165) is 25.8 Å². The number of thiazole rings is 1. The summed E-state index contributed by atoms with van der Waals surface area (Å²) >= 11 is 2.76. The molecule has 0 radical (unpaired) electrons. The number of benzene rings is 2. The topological polar surface area (TPSA) is 128 Å². The zero-order valence-electron chi connectivity index (χ0n) is 18.2. The molecule has 0 unspecified atom stereocenters. The highest BCUT2D eigenvalue weighted by Crippen LogP contribution is 2.36. The molecule has 0 fully saturated rings. The lowest BCUT2D eigenvalue weighted by Crippen LogP contribution is -2.16. The lowest BCUT2D eigenvalue weighted by Gasteiger charge is -2.08. The Kier molecular flexibility index (Phi) is 6.88. The summed E-state index contributed by atoms with van der Waals surface area (Å²) < 4.78 is 1.56. The van der Waals surface area contributed by atoms with Crippen LogP contribution in [0.25, 0.3) is 10.2 Å². The van der Waals surface area contributed by atoms with Crippen LogP contribution in [0.15, 0.2) is 57.9 Å². The van der Waals surface area contributed by atoms with Gasteiger partial charge in [-0.2, -0.15) is 5.26 Å². The van der Waals surface area contributed by atoms with E-state index in [1.807, 2.05) is 20.0 Å². The lowest BCUT2D eigenvalue weighted by atomic mass is 10.1. The van der Waals surface area contributed by atoms with Gasteiger partial charge in [0.1, 0.15) is 11.1 Å². The van der Waals surface area contributed by atoms with Crippen LogP contribution in [0.4, 0.5) is 5.69 Å². The zero-order valence-corrected chi connectivity index (χ0v) is 19.9. The van der Waals surface area contributed by atoms with Crippen molar-refractivity contribution in [2.75, 3.05) is 12.4 Å². The Hall–Kier alpha value is -3.78. The number of carbonyl (C=O) groups excluding carboxylic acids is 1. The second-order valence-electron chi connectivity index (χ2n) is 7.31. The highest BCUT2D eigenvalue weighted by molar-refractivity contribution is 8.01. The summed E-state index contributed by atoms with van der Waals surface area (Å²) in [6.45, 7) is 2.45. The third-order valence-electron chi connectivity index (χ3n) is 4.89. The third kappa shape index (κ3) is 4.92. The molecule has 34 heavy (non-hydrogen) atoms. The van der Waals surface area contributed by atoms with Crippen molar-refractivity contribution < 1.29 is 14.7 Å². The minimum Gasteiger partial charge on any atom is -0.478 e. The molecule has 0 bridgehead atoms. The van der Waals surface area contributed by atoms with Crippen LogP contribution in [0.1, 0.15) is 37.5 Å².